The number of hydrogen-bond acceptors (Lipinski definition) is 2. The molecule has 0 saturated carbocycles. The molecule has 1 aliphatic rings. The van der Waals surface area contributed by atoms with Crippen LogP contribution in [-0.2, 0) is 10.2 Å². The molecule has 0 bridgehead atoms. The molecule has 1 amide bonds. The van der Waals surface area contributed by atoms with Gasteiger partial charge in [-0.25, -0.2) is 4.39 Å². The molecule has 3 nitrogen and oxygen atoms in total. The van der Waals surface area contributed by atoms with Gasteiger partial charge >= 0.3 is 0 Å². The van der Waals surface area contributed by atoms with E-state index in [2.05, 4.69) is 10.3 Å². The number of nitrogens with one attached hydrogen (secondary N) is 1. The predicted octanol–water partition coefficient (Wildman–Crippen LogP) is 0.998. The van der Waals surface area contributed by atoms with Gasteiger partial charge in [-0.3, -0.25) is 9.78 Å². The van der Waals surface area contributed by atoms with Crippen LogP contribution in [0.2, 0.25) is 0 Å². The van der Waals surface area contributed by atoms with Crippen molar-refractivity contribution in [3.05, 3.63) is 29.8 Å². The SMILES string of the molecule is CC1(c2cncc(F)c2)CNC(=O)C1. The van der Waals surface area contributed by atoms with E-state index in [9.17, 15) is 9.18 Å². The number of aromatic nitrogens is 1. The molecule has 1 atom stereocenters. The molecule has 2 rings (SSSR count). The molecule has 74 valence electrons. The molecule has 0 radical (unpaired) electrons. The van der Waals surface area contributed by atoms with Crippen molar-refractivity contribution in [2.24, 2.45) is 0 Å². The van der Waals surface area contributed by atoms with Crippen LogP contribution in [0.25, 0.3) is 0 Å². The second-order valence-electron chi connectivity index (χ2n) is 3.91. The molecule has 1 aliphatic heterocycles. The summed E-state index contributed by atoms with van der Waals surface area (Å²) in [5.74, 6) is -0.347. The van der Waals surface area contributed by atoms with Crippen LogP contribution in [-0.4, -0.2) is 17.4 Å². The molecular weight excluding hydrogens is 183 g/mol. The molecule has 0 aromatic carbocycles. The van der Waals surface area contributed by atoms with Gasteiger partial charge in [0, 0.05) is 24.6 Å². The number of halogens is 1. The van der Waals surface area contributed by atoms with Crippen LogP contribution in [0.3, 0.4) is 0 Å². The number of hydrogen-bond donors (Lipinski definition) is 1. The summed E-state index contributed by atoms with van der Waals surface area (Å²) in [5.41, 5.74) is 0.461. The first kappa shape index (κ1) is 9.12. The number of pyridine rings is 1. The van der Waals surface area contributed by atoms with Crippen molar-refractivity contribution in [1.82, 2.24) is 10.3 Å². The minimum atomic E-state index is -0.358. The highest BCUT2D eigenvalue weighted by Gasteiger charge is 2.35. The lowest BCUT2D eigenvalue weighted by atomic mass is 9.83. The minimum absolute atomic E-state index is 0.0109. The van der Waals surface area contributed by atoms with E-state index in [1.165, 1.54) is 6.07 Å². The molecular formula is C10H11FN2O. The Morgan fingerprint density at radius 3 is 2.93 bits per heavy atom. The zero-order valence-electron chi connectivity index (χ0n) is 7.88. The first-order valence-electron chi connectivity index (χ1n) is 4.48. The highest BCUT2D eigenvalue weighted by molar-refractivity contribution is 5.80. The summed E-state index contributed by atoms with van der Waals surface area (Å²) in [6.45, 7) is 2.48. The van der Waals surface area contributed by atoms with Gasteiger partial charge in [0.05, 0.1) is 6.20 Å². The van der Waals surface area contributed by atoms with Gasteiger partial charge in [-0.1, -0.05) is 6.92 Å². The van der Waals surface area contributed by atoms with Gasteiger partial charge in [-0.15, -0.1) is 0 Å². The number of nitrogens with zero attached hydrogens (tertiary/aromatic N) is 1. The third-order valence-electron chi connectivity index (χ3n) is 2.63. The lowest BCUT2D eigenvalue weighted by Crippen LogP contribution is -2.25. The zero-order valence-corrected chi connectivity index (χ0v) is 7.88. The Kier molecular flexibility index (Phi) is 1.98. The van der Waals surface area contributed by atoms with E-state index in [1.54, 1.807) is 6.20 Å². The third-order valence-corrected chi connectivity index (χ3v) is 2.63. The van der Waals surface area contributed by atoms with Gasteiger partial charge in [0.25, 0.3) is 0 Å². The Hall–Kier alpha value is -1.45. The smallest absolute Gasteiger partial charge is 0.220 e. The fourth-order valence-corrected chi connectivity index (χ4v) is 1.72. The highest BCUT2D eigenvalue weighted by Crippen LogP contribution is 2.30. The van der Waals surface area contributed by atoms with E-state index in [-0.39, 0.29) is 17.1 Å². The monoisotopic (exact) mass is 194 g/mol. The summed E-state index contributed by atoms with van der Waals surface area (Å²) >= 11 is 0. The number of carbonyl (C=O) groups is 1. The van der Waals surface area contributed by atoms with Crippen molar-refractivity contribution in [3.63, 3.8) is 0 Å². The normalized spacial score (nSPS) is 26.3. The van der Waals surface area contributed by atoms with Gasteiger partial charge < -0.3 is 5.32 Å². The van der Waals surface area contributed by atoms with Crippen LogP contribution >= 0.6 is 0 Å². The Morgan fingerprint density at radius 1 is 1.57 bits per heavy atom. The van der Waals surface area contributed by atoms with Crippen LogP contribution in [0, 0.1) is 5.82 Å². The average molecular weight is 194 g/mol. The van der Waals surface area contributed by atoms with Crippen LogP contribution in [0.5, 0.6) is 0 Å². The van der Waals surface area contributed by atoms with E-state index in [0.29, 0.717) is 13.0 Å². The largest absolute Gasteiger partial charge is 0.355 e. The van der Waals surface area contributed by atoms with E-state index in [1.807, 2.05) is 6.92 Å². The summed E-state index contributed by atoms with van der Waals surface area (Å²) in [7, 11) is 0. The number of amides is 1. The van der Waals surface area contributed by atoms with Crippen molar-refractivity contribution in [2.45, 2.75) is 18.8 Å². The summed E-state index contributed by atoms with van der Waals surface area (Å²) < 4.78 is 12.9. The molecule has 2 heterocycles. The van der Waals surface area contributed by atoms with Gasteiger partial charge in [0.15, 0.2) is 0 Å². The standard InChI is InChI=1S/C10H11FN2O/c1-10(3-9(14)13-6-10)7-2-8(11)5-12-4-7/h2,4-5H,3,6H2,1H3,(H,13,14). The maximum Gasteiger partial charge on any atom is 0.220 e. The van der Waals surface area contributed by atoms with Crippen molar-refractivity contribution < 1.29 is 9.18 Å². The Balaban J connectivity index is 2.34. The first-order chi connectivity index (χ1) is 6.60. The maximum absolute atomic E-state index is 12.9. The van der Waals surface area contributed by atoms with Crippen LogP contribution in [0.1, 0.15) is 18.9 Å². The lowest BCUT2D eigenvalue weighted by Gasteiger charge is -2.21. The van der Waals surface area contributed by atoms with Gasteiger partial charge in [0.2, 0.25) is 5.91 Å². The quantitative estimate of drug-likeness (QED) is 0.724. The van der Waals surface area contributed by atoms with E-state index < -0.39 is 0 Å². The third kappa shape index (κ3) is 1.47. The van der Waals surface area contributed by atoms with E-state index in [4.69, 9.17) is 0 Å². The minimum Gasteiger partial charge on any atom is -0.355 e. The first-order valence-corrected chi connectivity index (χ1v) is 4.48. The van der Waals surface area contributed by atoms with Crippen LogP contribution in [0.15, 0.2) is 18.5 Å². The summed E-state index contributed by atoms with van der Waals surface area (Å²) in [4.78, 5) is 14.9. The van der Waals surface area contributed by atoms with Crippen molar-refractivity contribution in [1.29, 1.82) is 0 Å². The zero-order chi connectivity index (χ0) is 10.2. The molecule has 1 N–H and O–H groups in total. The molecule has 0 aliphatic carbocycles. The second-order valence-corrected chi connectivity index (χ2v) is 3.91. The Morgan fingerprint density at radius 2 is 2.36 bits per heavy atom. The molecule has 4 heteroatoms. The summed E-state index contributed by atoms with van der Waals surface area (Å²) in [6.07, 6.45) is 3.18. The van der Waals surface area contributed by atoms with Gasteiger partial charge in [-0.2, -0.15) is 0 Å². The van der Waals surface area contributed by atoms with E-state index in [0.717, 1.165) is 11.8 Å². The average Bonchev–Trinajstić information content (AvgIpc) is 2.48. The van der Waals surface area contributed by atoms with E-state index >= 15 is 0 Å². The lowest BCUT2D eigenvalue weighted by molar-refractivity contribution is -0.119. The maximum atomic E-state index is 12.9. The number of carbonyl (C=O) groups excluding carboxylic acids is 1. The van der Waals surface area contributed by atoms with Crippen LogP contribution in [0.4, 0.5) is 4.39 Å². The molecule has 1 aromatic rings. The topological polar surface area (TPSA) is 42.0 Å². The van der Waals surface area contributed by atoms with Crippen molar-refractivity contribution >= 4 is 5.91 Å². The van der Waals surface area contributed by atoms with Crippen molar-refractivity contribution in [2.75, 3.05) is 6.54 Å². The molecule has 1 saturated heterocycles. The Labute approximate surface area is 81.3 Å². The number of rotatable bonds is 1. The predicted molar refractivity (Wildman–Crippen MR) is 49.2 cm³/mol. The van der Waals surface area contributed by atoms with Crippen molar-refractivity contribution in [3.8, 4) is 0 Å². The highest BCUT2D eigenvalue weighted by atomic mass is 19.1. The molecule has 0 spiro atoms. The summed E-state index contributed by atoms with van der Waals surface area (Å²) in [6, 6.07) is 1.44. The molecule has 1 unspecified atom stereocenters. The fourth-order valence-electron chi connectivity index (χ4n) is 1.72. The fraction of sp³-hybridized carbons (Fsp3) is 0.400. The molecule has 1 aromatic heterocycles. The second kappa shape index (κ2) is 3.04. The summed E-state index contributed by atoms with van der Waals surface area (Å²) in [5, 5.41) is 2.74. The molecule has 1 fully saturated rings. The Bertz CT molecular complexity index is 380. The van der Waals surface area contributed by atoms with Crippen LogP contribution < -0.4 is 5.32 Å². The van der Waals surface area contributed by atoms with Gasteiger partial charge in [0.1, 0.15) is 5.82 Å². The molecule has 14 heavy (non-hydrogen) atoms. The van der Waals surface area contributed by atoms with Gasteiger partial charge in [-0.05, 0) is 11.6 Å².